The second kappa shape index (κ2) is 8.26. The van der Waals surface area contributed by atoms with Crippen LogP contribution in [-0.2, 0) is 19.7 Å². The number of rotatable bonds is 9. The third-order valence-corrected chi connectivity index (χ3v) is 6.16. The van der Waals surface area contributed by atoms with Gasteiger partial charge < -0.3 is 22.8 Å². The Bertz CT molecular complexity index is 398. The van der Waals surface area contributed by atoms with Crippen LogP contribution in [-0.4, -0.2) is 44.4 Å². The van der Waals surface area contributed by atoms with E-state index in [1.807, 2.05) is 18.2 Å². The maximum atomic E-state index is 5.41. The predicted molar refractivity (Wildman–Crippen MR) is 79.5 cm³/mol. The zero-order valence-electron chi connectivity index (χ0n) is 12.9. The van der Waals surface area contributed by atoms with Crippen LogP contribution in [0.1, 0.15) is 12.0 Å². The van der Waals surface area contributed by atoms with Crippen LogP contribution in [0.15, 0.2) is 18.2 Å². The molecule has 0 aliphatic heterocycles. The van der Waals surface area contributed by atoms with Crippen molar-refractivity contribution in [2.75, 3.05) is 35.5 Å². The van der Waals surface area contributed by atoms with E-state index in [-0.39, 0.29) is 0 Å². The highest BCUT2D eigenvalue weighted by Gasteiger charge is 2.36. The smallest absolute Gasteiger partial charge is 0.493 e. The van der Waals surface area contributed by atoms with Crippen molar-refractivity contribution in [3.05, 3.63) is 23.8 Å². The molecule has 1 aromatic rings. The molecule has 0 amide bonds. The highest BCUT2D eigenvalue weighted by molar-refractivity contribution is 6.60. The molecule has 0 radical (unpaired) electrons. The topological polar surface area (TPSA) is 46.2 Å². The van der Waals surface area contributed by atoms with Gasteiger partial charge in [-0.15, -0.1) is 0 Å². The van der Waals surface area contributed by atoms with Crippen LogP contribution in [0.3, 0.4) is 0 Å². The standard InChI is InChI=1S/C14H24O5Si/c1-15-13-9-8-12(11-14(13)16-2)7-6-10-20(17-3,18-4)19-5/h8-9,11H,6-7,10H2,1-5H3. The summed E-state index contributed by atoms with van der Waals surface area (Å²) in [6, 6.07) is 6.73. The van der Waals surface area contributed by atoms with E-state index in [0.29, 0.717) is 0 Å². The van der Waals surface area contributed by atoms with E-state index >= 15 is 0 Å². The van der Waals surface area contributed by atoms with Crippen LogP contribution in [0.25, 0.3) is 0 Å². The second-order valence-corrected chi connectivity index (χ2v) is 7.43. The van der Waals surface area contributed by atoms with Gasteiger partial charge in [-0.2, -0.15) is 0 Å². The number of methoxy groups -OCH3 is 2. The molecule has 114 valence electrons. The molecule has 6 heteroatoms. The molecule has 0 saturated heterocycles. The highest BCUT2D eigenvalue weighted by Crippen LogP contribution is 2.28. The van der Waals surface area contributed by atoms with Crippen molar-refractivity contribution < 1.29 is 22.8 Å². The lowest BCUT2D eigenvalue weighted by molar-refractivity contribution is 0.123. The summed E-state index contributed by atoms with van der Waals surface area (Å²) in [5, 5.41) is 0. The maximum absolute atomic E-state index is 5.41. The molecule has 0 bridgehead atoms. The lowest BCUT2D eigenvalue weighted by Crippen LogP contribution is -2.42. The molecular formula is C14H24O5Si. The minimum atomic E-state index is -2.47. The van der Waals surface area contributed by atoms with Crippen molar-refractivity contribution in [2.24, 2.45) is 0 Å². The van der Waals surface area contributed by atoms with Crippen molar-refractivity contribution >= 4 is 8.80 Å². The Morgan fingerprint density at radius 2 is 1.45 bits per heavy atom. The Hall–Kier alpha value is -1.08. The molecule has 0 saturated carbocycles. The normalized spacial score (nSPS) is 11.4. The summed E-state index contributed by atoms with van der Waals surface area (Å²) in [7, 11) is 5.71. The molecule has 1 aromatic carbocycles. The molecule has 0 aliphatic carbocycles. The Kier molecular flexibility index (Phi) is 7.01. The SMILES string of the molecule is COc1ccc(CCC[Si](OC)(OC)OC)cc1OC. The highest BCUT2D eigenvalue weighted by atomic mass is 28.4. The van der Waals surface area contributed by atoms with Crippen molar-refractivity contribution in [3.8, 4) is 11.5 Å². The van der Waals surface area contributed by atoms with E-state index in [0.717, 1.165) is 30.4 Å². The lowest BCUT2D eigenvalue weighted by atomic mass is 10.1. The van der Waals surface area contributed by atoms with E-state index in [1.165, 1.54) is 5.56 Å². The first-order chi connectivity index (χ1) is 9.64. The maximum Gasteiger partial charge on any atom is 0.500 e. The van der Waals surface area contributed by atoms with E-state index in [1.54, 1.807) is 35.5 Å². The van der Waals surface area contributed by atoms with Crippen LogP contribution in [0.4, 0.5) is 0 Å². The fourth-order valence-corrected chi connectivity index (χ4v) is 3.82. The molecule has 0 atom stereocenters. The van der Waals surface area contributed by atoms with E-state index < -0.39 is 8.80 Å². The first-order valence-corrected chi connectivity index (χ1v) is 8.44. The average Bonchev–Trinajstić information content (AvgIpc) is 2.51. The molecular weight excluding hydrogens is 276 g/mol. The number of aryl methyl sites for hydroxylation is 1. The van der Waals surface area contributed by atoms with Gasteiger partial charge in [0, 0.05) is 27.4 Å². The van der Waals surface area contributed by atoms with Gasteiger partial charge in [-0.05, 0) is 30.5 Å². The van der Waals surface area contributed by atoms with Crippen LogP contribution in [0.2, 0.25) is 6.04 Å². The summed E-state index contributed by atoms with van der Waals surface area (Å²) < 4.78 is 26.7. The first-order valence-electron chi connectivity index (χ1n) is 6.51. The number of hydrogen-bond acceptors (Lipinski definition) is 5. The van der Waals surface area contributed by atoms with Gasteiger partial charge in [-0.25, -0.2) is 0 Å². The van der Waals surface area contributed by atoms with Crippen molar-refractivity contribution in [2.45, 2.75) is 18.9 Å². The molecule has 0 aromatic heterocycles. The number of benzene rings is 1. The minimum Gasteiger partial charge on any atom is -0.493 e. The second-order valence-electron chi connectivity index (χ2n) is 4.34. The summed E-state index contributed by atoms with van der Waals surface area (Å²) >= 11 is 0. The van der Waals surface area contributed by atoms with Gasteiger partial charge in [-0.3, -0.25) is 0 Å². The lowest BCUT2D eigenvalue weighted by Gasteiger charge is -2.24. The van der Waals surface area contributed by atoms with E-state index in [9.17, 15) is 0 Å². The molecule has 5 nitrogen and oxygen atoms in total. The van der Waals surface area contributed by atoms with Gasteiger partial charge in [-0.1, -0.05) is 6.07 Å². The summed E-state index contributed by atoms with van der Waals surface area (Å²) in [5.74, 6) is 1.49. The number of hydrogen-bond donors (Lipinski definition) is 0. The molecule has 0 heterocycles. The molecule has 0 aliphatic rings. The van der Waals surface area contributed by atoms with Crippen molar-refractivity contribution in [1.82, 2.24) is 0 Å². The predicted octanol–water partition coefficient (Wildman–Crippen LogP) is 2.51. The van der Waals surface area contributed by atoms with Crippen molar-refractivity contribution in [1.29, 1.82) is 0 Å². The summed E-state index contributed by atoms with van der Waals surface area (Å²) in [5.41, 5.74) is 1.19. The Morgan fingerprint density at radius 3 is 1.95 bits per heavy atom. The quantitative estimate of drug-likeness (QED) is 0.656. The molecule has 0 fully saturated rings. The average molecular weight is 300 g/mol. The zero-order chi connectivity index (χ0) is 15.0. The molecule has 0 N–H and O–H groups in total. The Balaban J connectivity index is 2.62. The Labute approximate surface area is 122 Å². The van der Waals surface area contributed by atoms with E-state index in [4.69, 9.17) is 22.8 Å². The fraction of sp³-hybridized carbons (Fsp3) is 0.571. The van der Waals surface area contributed by atoms with Crippen LogP contribution < -0.4 is 9.47 Å². The van der Waals surface area contributed by atoms with Gasteiger partial charge in [0.2, 0.25) is 0 Å². The third kappa shape index (κ3) is 4.21. The summed E-state index contributed by atoms with van der Waals surface area (Å²) in [6.07, 6.45) is 1.84. The fourth-order valence-electron chi connectivity index (χ4n) is 2.10. The third-order valence-electron chi connectivity index (χ3n) is 3.33. The van der Waals surface area contributed by atoms with Crippen molar-refractivity contribution in [3.63, 3.8) is 0 Å². The zero-order valence-corrected chi connectivity index (χ0v) is 13.9. The summed E-state index contributed by atoms with van der Waals surface area (Å²) in [6.45, 7) is 0. The number of ether oxygens (including phenoxy) is 2. The van der Waals surface area contributed by atoms with Crippen LogP contribution in [0.5, 0.6) is 11.5 Å². The monoisotopic (exact) mass is 300 g/mol. The van der Waals surface area contributed by atoms with Gasteiger partial charge in [0.15, 0.2) is 11.5 Å². The molecule has 1 rings (SSSR count). The van der Waals surface area contributed by atoms with Gasteiger partial charge in [0.1, 0.15) is 0 Å². The first kappa shape index (κ1) is 17.0. The molecule has 20 heavy (non-hydrogen) atoms. The molecule has 0 unspecified atom stereocenters. The van der Waals surface area contributed by atoms with Gasteiger partial charge >= 0.3 is 8.80 Å². The Morgan fingerprint density at radius 1 is 0.850 bits per heavy atom. The van der Waals surface area contributed by atoms with E-state index in [2.05, 4.69) is 0 Å². The van der Waals surface area contributed by atoms with Crippen LogP contribution >= 0.6 is 0 Å². The van der Waals surface area contributed by atoms with Gasteiger partial charge in [0.25, 0.3) is 0 Å². The van der Waals surface area contributed by atoms with Crippen LogP contribution in [0, 0.1) is 0 Å². The van der Waals surface area contributed by atoms with Gasteiger partial charge in [0.05, 0.1) is 14.2 Å². The summed E-state index contributed by atoms with van der Waals surface area (Å²) in [4.78, 5) is 0. The molecule has 0 spiro atoms. The minimum absolute atomic E-state index is 0.741. The largest absolute Gasteiger partial charge is 0.500 e.